The molecule has 0 aliphatic heterocycles. The molecule has 21 heavy (non-hydrogen) atoms. The number of anilines is 1. The Bertz CT molecular complexity index is 698. The Morgan fingerprint density at radius 3 is 2.71 bits per heavy atom. The number of hydrogen-bond acceptors (Lipinski definition) is 4. The zero-order valence-corrected chi connectivity index (χ0v) is 12.1. The molecule has 0 amide bonds. The molecule has 3 rings (SSSR count). The monoisotopic (exact) mass is 282 g/mol. The van der Waals surface area contributed by atoms with Crippen molar-refractivity contribution in [3.8, 4) is 5.69 Å². The van der Waals surface area contributed by atoms with Gasteiger partial charge in [-0.25, -0.2) is 0 Å². The smallest absolute Gasteiger partial charge is 0.229 e. The minimum Gasteiger partial charge on any atom is -0.350 e. The molecule has 0 radical (unpaired) electrons. The third kappa shape index (κ3) is 2.94. The average Bonchev–Trinajstić information content (AvgIpc) is 3.15. The molecule has 1 N–H and O–H groups in total. The maximum atomic E-state index is 4.33. The predicted molar refractivity (Wildman–Crippen MR) is 81.3 cm³/mol. The highest BCUT2D eigenvalue weighted by Crippen LogP contribution is 2.14. The van der Waals surface area contributed by atoms with E-state index in [9.17, 15) is 0 Å². The summed E-state index contributed by atoms with van der Waals surface area (Å²) in [6.45, 7) is 4.88. The zero-order valence-electron chi connectivity index (χ0n) is 12.1. The minimum atomic E-state index is 0.367. The van der Waals surface area contributed by atoms with Crippen LogP contribution in [0.3, 0.4) is 0 Å². The Morgan fingerprint density at radius 1 is 1.19 bits per heavy atom. The van der Waals surface area contributed by atoms with Gasteiger partial charge in [-0.05, 0) is 26.0 Å². The Hall–Kier alpha value is -2.63. The quantitative estimate of drug-likeness (QED) is 0.781. The van der Waals surface area contributed by atoms with Crippen LogP contribution >= 0.6 is 0 Å². The van der Waals surface area contributed by atoms with Crippen LogP contribution in [0.1, 0.15) is 25.5 Å². The summed E-state index contributed by atoms with van der Waals surface area (Å²) in [7, 11) is 0. The number of para-hydroxylation sites is 1. The zero-order chi connectivity index (χ0) is 14.7. The molecule has 1 aromatic carbocycles. The van der Waals surface area contributed by atoms with Gasteiger partial charge in [0.05, 0.1) is 11.9 Å². The lowest BCUT2D eigenvalue weighted by Gasteiger charge is -2.07. The summed E-state index contributed by atoms with van der Waals surface area (Å²) in [5.41, 5.74) is 2.15. The molecule has 6 nitrogen and oxygen atoms in total. The van der Waals surface area contributed by atoms with Crippen LogP contribution in [0.15, 0.2) is 49.1 Å². The van der Waals surface area contributed by atoms with E-state index >= 15 is 0 Å². The molecule has 0 bridgehead atoms. The van der Waals surface area contributed by atoms with Crippen LogP contribution in [0, 0.1) is 0 Å². The van der Waals surface area contributed by atoms with Crippen molar-refractivity contribution in [1.82, 2.24) is 24.5 Å². The van der Waals surface area contributed by atoms with Gasteiger partial charge in [-0.1, -0.05) is 18.2 Å². The maximum absolute atomic E-state index is 4.33. The first kappa shape index (κ1) is 13.4. The van der Waals surface area contributed by atoms with Gasteiger partial charge in [-0.3, -0.25) is 9.25 Å². The van der Waals surface area contributed by atoms with Crippen LogP contribution in [0.5, 0.6) is 0 Å². The van der Waals surface area contributed by atoms with Crippen molar-refractivity contribution in [2.75, 3.05) is 5.32 Å². The van der Waals surface area contributed by atoms with Gasteiger partial charge in [0.2, 0.25) is 5.95 Å². The Kier molecular flexibility index (Phi) is 3.68. The number of nitrogens with one attached hydrogen (secondary N) is 1. The van der Waals surface area contributed by atoms with Crippen molar-refractivity contribution in [2.45, 2.75) is 26.4 Å². The number of rotatable bonds is 5. The van der Waals surface area contributed by atoms with Gasteiger partial charge in [-0.2, -0.15) is 5.10 Å². The molecule has 0 aliphatic carbocycles. The first-order chi connectivity index (χ1) is 10.2. The molecular formula is C15H18N6. The van der Waals surface area contributed by atoms with Crippen molar-refractivity contribution in [1.29, 1.82) is 0 Å². The molecule has 2 heterocycles. The molecule has 0 unspecified atom stereocenters. The van der Waals surface area contributed by atoms with Gasteiger partial charge in [0.15, 0.2) is 0 Å². The van der Waals surface area contributed by atoms with E-state index < -0.39 is 0 Å². The van der Waals surface area contributed by atoms with E-state index in [0.717, 1.165) is 17.2 Å². The molecule has 2 aromatic heterocycles. The van der Waals surface area contributed by atoms with Gasteiger partial charge in [0, 0.05) is 24.3 Å². The second kappa shape index (κ2) is 5.78. The van der Waals surface area contributed by atoms with Gasteiger partial charge < -0.3 is 5.32 Å². The summed E-state index contributed by atoms with van der Waals surface area (Å²) in [6, 6.07) is 10.4. The van der Waals surface area contributed by atoms with E-state index in [-0.39, 0.29) is 0 Å². The van der Waals surface area contributed by atoms with Crippen LogP contribution in [-0.2, 0) is 6.54 Å². The third-order valence-corrected chi connectivity index (χ3v) is 3.22. The van der Waals surface area contributed by atoms with Crippen LogP contribution in [0.25, 0.3) is 5.69 Å². The lowest BCUT2D eigenvalue weighted by Crippen LogP contribution is -2.06. The topological polar surface area (TPSA) is 60.6 Å². The Morgan fingerprint density at radius 2 is 2.00 bits per heavy atom. The van der Waals surface area contributed by atoms with Crippen molar-refractivity contribution in [3.05, 3.63) is 54.6 Å². The molecule has 0 atom stereocenters. The first-order valence-corrected chi connectivity index (χ1v) is 6.96. The van der Waals surface area contributed by atoms with Crippen LogP contribution in [-0.4, -0.2) is 24.5 Å². The summed E-state index contributed by atoms with van der Waals surface area (Å²) in [6.07, 6.45) is 5.62. The summed E-state index contributed by atoms with van der Waals surface area (Å²) in [4.78, 5) is 0. The van der Waals surface area contributed by atoms with Crippen LogP contribution < -0.4 is 5.32 Å². The van der Waals surface area contributed by atoms with Crippen molar-refractivity contribution in [3.63, 3.8) is 0 Å². The molecule has 0 fully saturated rings. The normalized spacial score (nSPS) is 11.0. The fraction of sp³-hybridized carbons (Fsp3) is 0.267. The number of hydrogen-bond donors (Lipinski definition) is 1. The summed E-state index contributed by atoms with van der Waals surface area (Å²) >= 11 is 0. The molecule has 6 heteroatoms. The fourth-order valence-corrected chi connectivity index (χ4v) is 2.07. The van der Waals surface area contributed by atoms with Crippen LogP contribution in [0.2, 0.25) is 0 Å². The standard InChI is InChI=1S/C15H18N6/c1-12(2)21-10-13(9-18-21)8-16-15-19-17-11-20(15)14-6-4-3-5-7-14/h3-7,9-12H,8H2,1-2H3,(H,16,19). The van der Waals surface area contributed by atoms with E-state index in [4.69, 9.17) is 0 Å². The van der Waals surface area contributed by atoms with Gasteiger partial charge in [-0.15, -0.1) is 10.2 Å². The highest BCUT2D eigenvalue weighted by atomic mass is 15.3. The second-order valence-corrected chi connectivity index (χ2v) is 5.14. The van der Waals surface area contributed by atoms with E-state index in [1.165, 1.54) is 0 Å². The maximum Gasteiger partial charge on any atom is 0.229 e. The molecule has 0 saturated heterocycles. The van der Waals surface area contributed by atoms with Gasteiger partial charge in [0.25, 0.3) is 0 Å². The fourth-order valence-electron chi connectivity index (χ4n) is 2.07. The summed E-state index contributed by atoms with van der Waals surface area (Å²) < 4.78 is 3.87. The van der Waals surface area contributed by atoms with Crippen molar-refractivity contribution < 1.29 is 0 Å². The first-order valence-electron chi connectivity index (χ1n) is 6.96. The Balaban J connectivity index is 1.73. The van der Waals surface area contributed by atoms with Crippen LogP contribution in [0.4, 0.5) is 5.95 Å². The summed E-state index contributed by atoms with van der Waals surface area (Å²) in [5.74, 6) is 0.721. The van der Waals surface area contributed by atoms with Crippen molar-refractivity contribution >= 4 is 5.95 Å². The lowest BCUT2D eigenvalue weighted by atomic mass is 10.3. The lowest BCUT2D eigenvalue weighted by molar-refractivity contribution is 0.532. The van der Waals surface area contributed by atoms with Gasteiger partial charge >= 0.3 is 0 Å². The SMILES string of the molecule is CC(C)n1cc(CNc2nncn2-c2ccccc2)cn1. The predicted octanol–water partition coefficient (Wildman–Crippen LogP) is 2.66. The Labute approximate surface area is 123 Å². The molecule has 0 saturated carbocycles. The average molecular weight is 282 g/mol. The highest BCUT2D eigenvalue weighted by Gasteiger charge is 2.07. The summed E-state index contributed by atoms with van der Waals surface area (Å²) in [5, 5.41) is 15.7. The van der Waals surface area contributed by atoms with E-state index in [1.54, 1.807) is 6.33 Å². The molecule has 0 spiro atoms. The highest BCUT2D eigenvalue weighted by molar-refractivity contribution is 5.40. The van der Waals surface area contributed by atoms with E-state index in [1.807, 2.05) is 52.0 Å². The number of benzene rings is 1. The molecule has 108 valence electrons. The molecule has 0 aliphatic rings. The number of aromatic nitrogens is 5. The van der Waals surface area contributed by atoms with E-state index in [2.05, 4.69) is 34.5 Å². The number of nitrogens with zero attached hydrogens (tertiary/aromatic N) is 5. The molecular weight excluding hydrogens is 264 g/mol. The minimum absolute atomic E-state index is 0.367. The van der Waals surface area contributed by atoms with Gasteiger partial charge in [0.1, 0.15) is 6.33 Å². The molecule has 3 aromatic rings. The van der Waals surface area contributed by atoms with E-state index in [0.29, 0.717) is 12.6 Å². The second-order valence-electron chi connectivity index (χ2n) is 5.14. The largest absolute Gasteiger partial charge is 0.350 e. The van der Waals surface area contributed by atoms with Crippen molar-refractivity contribution in [2.24, 2.45) is 0 Å². The third-order valence-electron chi connectivity index (χ3n) is 3.22.